The summed E-state index contributed by atoms with van der Waals surface area (Å²) in [6.07, 6.45) is 2.65. The fourth-order valence-corrected chi connectivity index (χ4v) is 4.29. The lowest BCUT2D eigenvalue weighted by molar-refractivity contribution is -0.0157. The number of amides is 1. The number of hydrogen-bond donors (Lipinski definition) is 0. The van der Waals surface area contributed by atoms with Crippen LogP contribution in [0.15, 0.2) is 47.1 Å². The van der Waals surface area contributed by atoms with Crippen molar-refractivity contribution in [2.75, 3.05) is 26.7 Å². The standard InChI is InChI=1S/C20H23FN2O3/c1-25-19-8-9-23(20(24)14-4-6-15(21)7-5-14)18-13-22(12-17(18)19)11-16-3-2-10-26-16/h2-7,10,17-19H,8-9,11-13H2,1H3/t17-,18+,19+/m0/s1. The highest BCUT2D eigenvalue weighted by molar-refractivity contribution is 5.94. The molecule has 2 aromatic rings. The molecule has 1 aromatic heterocycles. The van der Waals surface area contributed by atoms with Crippen LogP contribution in [-0.2, 0) is 11.3 Å². The first kappa shape index (κ1) is 17.2. The molecule has 0 spiro atoms. The number of fused-ring (bicyclic) bond motifs is 1. The summed E-state index contributed by atoms with van der Waals surface area (Å²) < 4.78 is 24.3. The van der Waals surface area contributed by atoms with E-state index >= 15 is 0 Å². The highest BCUT2D eigenvalue weighted by Gasteiger charge is 2.46. The number of hydrogen-bond acceptors (Lipinski definition) is 4. The van der Waals surface area contributed by atoms with E-state index in [0.717, 1.165) is 31.8 Å². The van der Waals surface area contributed by atoms with Crippen molar-refractivity contribution < 1.29 is 18.3 Å². The van der Waals surface area contributed by atoms with Gasteiger partial charge in [-0.2, -0.15) is 0 Å². The molecule has 2 fully saturated rings. The smallest absolute Gasteiger partial charge is 0.254 e. The van der Waals surface area contributed by atoms with Gasteiger partial charge in [-0.15, -0.1) is 0 Å². The first-order chi connectivity index (χ1) is 12.7. The number of nitrogens with zero attached hydrogens (tertiary/aromatic N) is 2. The van der Waals surface area contributed by atoms with Gasteiger partial charge in [-0.1, -0.05) is 0 Å². The maximum atomic E-state index is 13.2. The van der Waals surface area contributed by atoms with E-state index in [2.05, 4.69) is 4.90 Å². The summed E-state index contributed by atoms with van der Waals surface area (Å²) >= 11 is 0. The molecular formula is C20H23FN2O3. The lowest BCUT2D eigenvalue weighted by Crippen LogP contribution is -2.53. The van der Waals surface area contributed by atoms with Gasteiger partial charge in [-0.3, -0.25) is 9.69 Å². The molecule has 0 bridgehead atoms. The predicted molar refractivity (Wildman–Crippen MR) is 94.1 cm³/mol. The van der Waals surface area contributed by atoms with Crippen molar-refractivity contribution in [3.63, 3.8) is 0 Å². The normalized spacial score (nSPS) is 26.1. The van der Waals surface area contributed by atoms with Gasteiger partial charge in [0.2, 0.25) is 0 Å². The third-order valence-electron chi connectivity index (χ3n) is 5.56. The van der Waals surface area contributed by atoms with Crippen LogP contribution in [0.5, 0.6) is 0 Å². The molecule has 2 saturated heterocycles. The SMILES string of the molecule is CO[C@@H]1CCN(C(=O)c2ccc(F)cc2)[C@@H]2CN(Cc3ccco3)C[C@@H]21. The summed E-state index contributed by atoms with van der Waals surface area (Å²) in [5.41, 5.74) is 0.533. The molecule has 138 valence electrons. The van der Waals surface area contributed by atoms with E-state index in [9.17, 15) is 9.18 Å². The van der Waals surface area contributed by atoms with Crippen LogP contribution in [0.2, 0.25) is 0 Å². The number of carbonyl (C=O) groups is 1. The van der Waals surface area contributed by atoms with Crippen molar-refractivity contribution in [2.45, 2.75) is 25.1 Å². The molecule has 4 rings (SSSR count). The van der Waals surface area contributed by atoms with Gasteiger partial charge in [0, 0.05) is 38.2 Å². The number of likely N-dealkylation sites (tertiary alicyclic amines) is 2. The summed E-state index contributed by atoms with van der Waals surface area (Å²) in [6, 6.07) is 9.75. The quantitative estimate of drug-likeness (QED) is 0.843. The summed E-state index contributed by atoms with van der Waals surface area (Å²) in [5, 5.41) is 0. The number of methoxy groups -OCH3 is 1. The average molecular weight is 358 g/mol. The molecule has 0 unspecified atom stereocenters. The Balaban J connectivity index is 1.53. The second-order valence-electron chi connectivity index (χ2n) is 7.07. The van der Waals surface area contributed by atoms with Crippen LogP contribution in [0.25, 0.3) is 0 Å². The zero-order valence-corrected chi connectivity index (χ0v) is 14.8. The van der Waals surface area contributed by atoms with Crippen molar-refractivity contribution in [1.82, 2.24) is 9.80 Å². The minimum Gasteiger partial charge on any atom is -0.468 e. The number of carbonyl (C=O) groups excluding carboxylic acids is 1. The molecule has 2 aliphatic rings. The van der Waals surface area contributed by atoms with Gasteiger partial charge in [0.1, 0.15) is 11.6 Å². The molecule has 0 N–H and O–H groups in total. The number of rotatable bonds is 4. The number of furan rings is 1. The van der Waals surface area contributed by atoms with Crippen LogP contribution in [-0.4, -0.2) is 54.6 Å². The zero-order chi connectivity index (χ0) is 18.1. The Morgan fingerprint density at radius 2 is 2.08 bits per heavy atom. The molecule has 0 radical (unpaired) electrons. The third-order valence-corrected chi connectivity index (χ3v) is 5.56. The van der Waals surface area contributed by atoms with Crippen LogP contribution >= 0.6 is 0 Å². The van der Waals surface area contributed by atoms with E-state index in [-0.39, 0.29) is 29.8 Å². The van der Waals surface area contributed by atoms with Gasteiger partial charge in [0.25, 0.3) is 5.91 Å². The first-order valence-corrected chi connectivity index (χ1v) is 9.00. The maximum Gasteiger partial charge on any atom is 0.254 e. The van der Waals surface area contributed by atoms with E-state index in [1.165, 1.54) is 12.1 Å². The van der Waals surface area contributed by atoms with Crippen LogP contribution < -0.4 is 0 Å². The Hall–Kier alpha value is -2.18. The molecule has 26 heavy (non-hydrogen) atoms. The van der Waals surface area contributed by atoms with Crippen LogP contribution in [0.3, 0.4) is 0 Å². The molecule has 1 aromatic carbocycles. The second kappa shape index (κ2) is 7.21. The van der Waals surface area contributed by atoms with Crippen molar-refractivity contribution in [1.29, 1.82) is 0 Å². The molecule has 0 aliphatic carbocycles. The van der Waals surface area contributed by atoms with Crippen molar-refractivity contribution >= 4 is 5.91 Å². The average Bonchev–Trinajstić information content (AvgIpc) is 3.30. The molecule has 3 atom stereocenters. The highest BCUT2D eigenvalue weighted by Crippen LogP contribution is 2.34. The predicted octanol–water partition coefficient (Wildman–Crippen LogP) is 2.78. The summed E-state index contributed by atoms with van der Waals surface area (Å²) in [7, 11) is 1.74. The molecule has 2 aliphatic heterocycles. The van der Waals surface area contributed by atoms with Crippen molar-refractivity contribution in [3.8, 4) is 0 Å². The second-order valence-corrected chi connectivity index (χ2v) is 7.07. The van der Waals surface area contributed by atoms with Gasteiger partial charge in [-0.25, -0.2) is 4.39 Å². The maximum absolute atomic E-state index is 13.2. The largest absolute Gasteiger partial charge is 0.468 e. The van der Waals surface area contributed by atoms with Crippen LogP contribution in [0, 0.1) is 11.7 Å². The minimum absolute atomic E-state index is 0.0330. The van der Waals surface area contributed by atoms with E-state index in [0.29, 0.717) is 12.1 Å². The number of piperidine rings is 1. The Kier molecular flexibility index (Phi) is 4.78. The highest BCUT2D eigenvalue weighted by atomic mass is 19.1. The Morgan fingerprint density at radius 1 is 1.27 bits per heavy atom. The lowest BCUT2D eigenvalue weighted by atomic mass is 9.88. The minimum atomic E-state index is -0.331. The van der Waals surface area contributed by atoms with Gasteiger partial charge in [-0.05, 0) is 42.8 Å². The van der Waals surface area contributed by atoms with Gasteiger partial charge < -0.3 is 14.1 Å². The molecule has 5 nitrogen and oxygen atoms in total. The molecule has 0 saturated carbocycles. The molecule has 1 amide bonds. The first-order valence-electron chi connectivity index (χ1n) is 9.00. The Labute approximate surface area is 152 Å². The Bertz CT molecular complexity index is 747. The molecule has 3 heterocycles. The fourth-order valence-electron chi connectivity index (χ4n) is 4.29. The lowest BCUT2D eigenvalue weighted by Gasteiger charge is -2.41. The van der Waals surface area contributed by atoms with Gasteiger partial charge >= 0.3 is 0 Å². The van der Waals surface area contributed by atoms with Crippen LogP contribution in [0.1, 0.15) is 22.5 Å². The third kappa shape index (κ3) is 3.27. The Morgan fingerprint density at radius 3 is 2.77 bits per heavy atom. The topological polar surface area (TPSA) is 45.9 Å². The summed E-state index contributed by atoms with van der Waals surface area (Å²) in [4.78, 5) is 17.3. The number of halogens is 1. The fraction of sp³-hybridized carbons (Fsp3) is 0.450. The summed E-state index contributed by atoms with van der Waals surface area (Å²) in [6.45, 7) is 3.05. The zero-order valence-electron chi connectivity index (χ0n) is 14.8. The van der Waals surface area contributed by atoms with Gasteiger partial charge in [0.05, 0.1) is 25.0 Å². The monoisotopic (exact) mass is 358 g/mol. The molecule has 6 heteroatoms. The van der Waals surface area contributed by atoms with Crippen LogP contribution in [0.4, 0.5) is 4.39 Å². The van der Waals surface area contributed by atoms with E-state index in [1.807, 2.05) is 17.0 Å². The summed E-state index contributed by atoms with van der Waals surface area (Å²) in [5.74, 6) is 0.833. The van der Waals surface area contributed by atoms with Gasteiger partial charge in [0.15, 0.2) is 0 Å². The molecular weight excluding hydrogens is 335 g/mol. The van der Waals surface area contributed by atoms with E-state index < -0.39 is 0 Å². The number of benzene rings is 1. The number of ether oxygens (including phenoxy) is 1. The van der Waals surface area contributed by atoms with E-state index in [1.54, 1.807) is 25.5 Å². The van der Waals surface area contributed by atoms with E-state index in [4.69, 9.17) is 9.15 Å². The van der Waals surface area contributed by atoms with Crippen molar-refractivity contribution in [2.24, 2.45) is 5.92 Å². The van der Waals surface area contributed by atoms with Crippen molar-refractivity contribution in [3.05, 3.63) is 59.8 Å².